The van der Waals surface area contributed by atoms with Crippen molar-refractivity contribution in [3.63, 3.8) is 0 Å². The van der Waals surface area contributed by atoms with Gasteiger partial charge in [0, 0.05) is 12.7 Å². The van der Waals surface area contributed by atoms with Crippen molar-refractivity contribution in [1.82, 2.24) is 5.32 Å². The van der Waals surface area contributed by atoms with Crippen LogP contribution in [0.3, 0.4) is 0 Å². The monoisotopic (exact) mass is 267 g/mol. The van der Waals surface area contributed by atoms with Gasteiger partial charge < -0.3 is 10.1 Å². The zero-order chi connectivity index (χ0) is 14.4. The van der Waals surface area contributed by atoms with Crippen LogP contribution in [0, 0.1) is 19.7 Å². The lowest BCUT2D eigenvalue weighted by Crippen LogP contribution is -2.34. The maximum atomic E-state index is 14.3. The Labute approximate surface area is 116 Å². The molecular formula is C16H26FNO. The average Bonchev–Trinajstić information content (AvgIpc) is 2.34. The molecule has 0 aliphatic heterocycles. The van der Waals surface area contributed by atoms with E-state index in [4.69, 9.17) is 4.74 Å². The maximum Gasteiger partial charge on any atom is 0.128 e. The summed E-state index contributed by atoms with van der Waals surface area (Å²) < 4.78 is 19.9. The second-order valence-corrected chi connectivity index (χ2v) is 5.08. The number of ether oxygens (including phenoxy) is 1. The molecular weight excluding hydrogens is 241 g/mol. The third-order valence-corrected chi connectivity index (χ3v) is 3.46. The third kappa shape index (κ3) is 4.02. The quantitative estimate of drug-likeness (QED) is 0.808. The van der Waals surface area contributed by atoms with Crippen LogP contribution in [0.5, 0.6) is 0 Å². The molecule has 0 heterocycles. The molecule has 1 aromatic carbocycles. The highest BCUT2D eigenvalue weighted by atomic mass is 19.1. The van der Waals surface area contributed by atoms with Crippen LogP contribution in [-0.2, 0) is 4.74 Å². The van der Waals surface area contributed by atoms with Gasteiger partial charge in [-0.1, -0.05) is 26.3 Å². The van der Waals surface area contributed by atoms with Crippen molar-refractivity contribution < 1.29 is 9.13 Å². The van der Waals surface area contributed by atoms with E-state index in [0.717, 1.165) is 36.1 Å². The fraction of sp³-hybridized carbons (Fsp3) is 0.625. The number of methoxy groups -OCH3 is 1. The van der Waals surface area contributed by atoms with Gasteiger partial charge in [-0.05, 0) is 44.0 Å². The highest BCUT2D eigenvalue weighted by Crippen LogP contribution is 2.28. The minimum Gasteiger partial charge on any atom is -0.379 e. The summed E-state index contributed by atoms with van der Waals surface area (Å²) in [4.78, 5) is 0. The van der Waals surface area contributed by atoms with E-state index in [-0.39, 0.29) is 18.0 Å². The summed E-state index contributed by atoms with van der Waals surface area (Å²) in [6.07, 6.45) is 1.94. The minimum atomic E-state index is -0.137. The van der Waals surface area contributed by atoms with Crippen LogP contribution in [-0.4, -0.2) is 19.8 Å². The summed E-state index contributed by atoms with van der Waals surface area (Å²) in [6, 6.07) is 3.54. The van der Waals surface area contributed by atoms with E-state index in [1.807, 2.05) is 26.8 Å². The Morgan fingerprint density at radius 2 is 1.95 bits per heavy atom. The maximum absolute atomic E-state index is 14.3. The second-order valence-electron chi connectivity index (χ2n) is 5.08. The number of rotatable bonds is 7. The number of hydrogen-bond donors (Lipinski definition) is 1. The Kier molecular flexibility index (Phi) is 6.46. The summed E-state index contributed by atoms with van der Waals surface area (Å²) in [7, 11) is 1.70. The van der Waals surface area contributed by atoms with Crippen molar-refractivity contribution in [2.75, 3.05) is 13.7 Å². The van der Waals surface area contributed by atoms with Gasteiger partial charge in [0.05, 0.1) is 12.1 Å². The fourth-order valence-electron chi connectivity index (χ4n) is 2.67. The Hall–Kier alpha value is -0.930. The molecule has 0 aliphatic carbocycles. The largest absolute Gasteiger partial charge is 0.379 e. The predicted octanol–water partition coefficient (Wildman–Crippen LogP) is 3.91. The van der Waals surface area contributed by atoms with Gasteiger partial charge in [0.25, 0.3) is 0 Å². The number of nitrogens with one attached hydrogen (secondary N) is 1. The minimum absolute atomic E-state index is 0.000793. The van der Waals surface area contributed by atoms with Crippen molar-refractivity contribution >= 4 is 0 Å². The molecule has 0 saturated carbocycles. The molecule has 0 aliphatic rings. The van der Waals surface area contributed by atoms with Gasteiger partial charge in [0.1, 0.15) is 5.82 Å². The first kappa shape index (κ1) is 16.1. The van der Waals surface area contributed by atoms with E-state index in [2.05, 4.69) is 12.2 Å². The van der Waals surface area contributed by atoms with Crippen LogP contribution in [0.25, 0.3) is 0 Å². The van der Waals surface area contributed by atoms with Crippen LogP contribution in [0.15, 0.2) is 12.1 Å². The molecule has 1 rings (SSSR count). The molecule has 2 unspecified atom stereocenters. The number of hydrogen-bond acceptors (Lipinski definition) is 2. The van der Waals surface area contributed by atoms with E-state index in [1.165, 1.54) is 0 Å². The van der Waals surface area contributed by atoms with E-state index in [1.54, 1.807) is 13.2 Å². The standard InChI is InChI=1S/C16H26FNO/c1-6-8-14(19-5)16(18-7-2)15-12(4)9-11(3)10-13(15)17/h9-10,14,16,18H,6-8H2,1-5H3. The fourth-order valence-corrected chi connectivity index (χ4v) is 2.67. The molecule has 1 N–H and O–H groups in total. The van der Waals surface area contributed by atoms with Gasteiger partial charge in [0.2, 0.25) is 0 Å². The van der Waals surface area contributed by atoms with E-state index >= 15 is 0 Å². The van der Waals surface area contributed by atoms with Gasteiger partial charge in [-0.15, -0.1) is 0 Å². The molecule has 0 bridgehead atoms. The first-order valence-corrected chi connectivity index (χ1v) is 7.07. The summed E-state index contributed by atoms with van der Waals surface area (Å²) in [5, 5.41) is 3.37. The first-order chi connectivity index (χ1) is 9.04. The van der Waals surface area contributed by atoms with Crippen LogP contribution in [0.1, 0.15) is 49.4 Å². The Bertz CT molecular complexity index is 383. The summed E-state index contributed by atoms with van der Waals surface area (Å²) in [6.45, 7) is 8.83. The van der Waals surface area contributed by atoms with Gasteiger partial charge in [0.15, 0.2) is 0 Å². The summed E-state index contributed by atoms with van der Waals surface area (Å²) >= 11 is 0. The van der Waals surface area contributed by atoms with Crippen LogP contribution in [0.4, 0.5) is 4.39 Å². The normalized spacial score (nSPS) is 14.4. The molecule has 108 valence electrons. The molecule has 0 saturated heterocycles. The zero-order valence-corrected chi connectivity index (χ0v) is 12.7. The molecule has 0 spiro atoms. The third-order valence-electron chi connectivity index (χ3n) is 3.46. The first-order valence-electron chi connectivity index (χ1n) is 7.07. The predicted molar refractivity (Wildman–Crippen MR) is 78.0 cm³/mol. The highest BCUT2D eigenvalue weighted by molar-refractivity contribution is 5.35. The van der Waals surface area contributed by atoms with E-state index in [9.17, 15) is 4.39 Å². The Balaban J connectivity index is 3.17. The lowest BCUT2D eigenvalue weighted by atomic mass is 9.92. The number of benzene rings is 1. The SMILES string of the molecule is CCCC(OC)C(NCC)c1c(C)cc(C)cc1F. The van der Waals surface area contributed by atoms with E-state index in [0.29, 0.717) is 0 Å². The zero-order valence-electron chi connectivity index (χ0n) is 12.7. The number of halogens is 1. The van der Waals surface area contributed by atoms with Crippen molar-refractivity contribution in [1.29, 1.82) is 0 Å². The summed E-state index contributed by atoms with van der Waals surface area (Å²) in [5.74, 6) is -0.137. The van der Waals surface area contributed by atoms with Crippen LogP contribution >= 0.6 is 0 Å². The van der Waals surface area contributed by atoms with Crippen molar-refractivity contribution in [2.45, 2.75) is 52.7 Å². The van der Waals surface area contributed by atoms with Gasteiger partial charge in [-0.25, -0.2) is 4.39 Å². The van der Waals surface area contributed by atoms with Gasteiger partial charge in [-0.3, -0.25) is 0 Å². The Morgan fingerprint density at radius 1 is 1.26 bits per heavy atom. The van der Waals surface area contributed by atoms with E-state index < -0.39 is 0 Å². The van der Waals surface area contributed by atoms with Crippen molar-refractivity contribution in [2.24, 2.45) is 0 Å². The lowest BCUT2D eigenvalue weighted by molar-refractivity contribution is 0.0597. The van der Waals surface area contributed by atoms with Crippen LogP contribution in [0.2, 0.25) is 0 Å². The van der Waals surface area contributed by atoms with Crippen molar-refractivity contribution in [3.8, 4) is 0 Å². The topological polar surface area (TPSA) is 21.3 Å². The molecule has 1 aromatic rings. The lowest BCUT2D eigenvalue weighted by Gasteiger charge is -2.28. The number of likely N-dealkylation sites (N-methyl/N-ethyl adjacent to an activating group) is 1. The van der Waals surface area contributed by atoms with Crippen molar-refractivity contribution in [3.05, 3.63) is 34.6 Å². The van der Waals surface area contributed by atoms with Gasteiger partial charge >= 0.3 is 0 Å². The molecule has 2 nitrogen and oxygen atoms in total. The second kappa shape index (κ2) is 7.61. The summed E-state index contributed by atoms with van der Waals surface area (Å²) in [5.41, 5.74) is 2.69. The number of aryl methyl sites for hydroxylation is 2. The molecule has 0 fully saturated rings. The molecule has 19 heavy (non-hydrogen) atoms. The Morgan fingerprint density at radius 3 is 2.42 bits per heavy atom. The van der Waals surface area contributed by atoms with Crippen LogP contribution < -0.4 is 5.32 Å². The molecule has 0 aromatic heterocycles. The molecule has 2 atom stereocenters. The average molecular weight is 267 g/mol. The smallest absolute Gasteiger partial charge is 0.128 e. The molecule has 0 radical (unpaired) electrons. The highest BCUT2D eigenvalue weighted by Gasteiger charge is 2.26. The van der Waals surface area contributed by atoms with Gasteiger partial charge in [-0.2, -0.15) is 0 Å². The molecule has 3 heteroatoms. The molecule has 0 amide bonds.